The lowest BCUT2D eigenvalue weighted by molar-refractivity contribution is 0.663. The number of hydrogen-bond donors (Lipinski definition) is 0. The molecule has 1 aliphatic rings. The fourth-order valence-corrected chi connectivity index (χ4v) is 3.67. The minimum atomic E-state index is -1.98. The van der Waals surface area contributed by atoms with Gasteiger partial charge in [-0.1, -0.05) is 17.7 Å². The van der Waals surface area contributed by atoms with Gasteiger partial charge in [-0.25, -0.2) is 4.21 Å². The van der Waals surface area contributed by atoms with Crippen molar-refractivity contribution in [1.82, 2.24) is 0 Å². The molecule has 0 spiro atoms. The zero-order valence-corrected chi connectivity index (χ0v) is 10.5. The monoisotopic (exact) mass is 293 g/mol. The number of rotatable bonds is 1. The summed E-state index contributed by atoms with van der Waals surface area (Å²) in [6.07, 6.45) is 1.00. The summed E-state index contributed by atoms with van der Waals surface area (Å²) in [5, 5.41) is 0.550. The second-order valence-electron chi connectivity index (χ2n) is 3.20. The van der Waals surface area contributed by atoms with Crippen LogP contribution in [0, 0.1) is 0 Å². The van der Waals surface area contributed by atoms with Gasteiger partial charge in [0.1, 0.15) is 5.69 Å². The Morgan fingerprint density at radius 3 is 2.64 bits per heavy atom. The molecule has 1 aliphatic heterocycles. The zero-order valence-electron chi connectivity index (χ0n) is 7.37. The van der Waals surface area contributed by atoms with Gasteiger partial charge in [0.25, 0.3) is 0 Å². The molecule has 76 valence electrons. The summed E-state index contributed by atoms with van der Waals surface area (Å²) in [6.45, 7) is 0. The first-order valence-electron chi connectivity index (χ1n) is 4.27. The minimum absolute atomic E-state index is 0.550. The second kappa shape index (κ2) is 3.83. The SMILES string of the molecule is O=S1(=Nc2c(Cl)cccc2Br)CCC1. The van der Waals surface area contributed by atoms with Gasteiger partial charge < -0.3 is 0 Å². The first-order chi connectivity index (χ1) is 6.61. The van der Waals surface area contributed by atoms with E-state index in [1.54, 1.807) is 6.07 Å². The van der Waals surface area contributed by atoms with Crippen molar-refractivity contribution in [2.75, 3.05) is 11.5 Å². The highest BCUT2D eigenvalue weighted by molar-refractivity contribution is 9.10. The van der Waals surface area contributed by atoms with Gasteiger partial charge >= 0.3 is 0 Å². The lowest BCUT2D eigenvalue weighted by Gasteiger charge is -2.18. The summed E-state index contributed by atoms with van der Waals surface area (Å²) in [6, 6.07) is 5.44. The van der Waals surface area contributed by atoms with E-state index in [-0.39, 0.29) is 0 Å². The van der Waals surface area contributed by atoms with Gasteiger partial charge in [-0.2, -0.15) is 4.36 Å². The first-order valence-corrected chi connectivity index (χ1v) is 7.30. The third-order valence-electron chi connectivity index (χ3n) is 2.12. The van der Waals surface area contributed by atoms with Gasteiger partial charge in [0, 0.05) is 16.0 Å². The van der Waals surface area contributed by atoms with Crippen molar-refractivity contribution in [1.29, 1.82) is 0 Å². The Balaban J connectivity index is 2.52. The maximum Gasteiger partial charge on any atom is 0.106 e. The van der Waals surface area contributed by atoms with E-state index in [0.717, 1.165) is 10.9 Å². The maximum absolute atomic E-state index is 11.9. The van der Waals surface area contributed by atoms with E-state index in [1.807, 2.05) is 12.1 Å². The van der Waals surface area contributed by atoms with Crippen LogP contribution in [-0.4, -0.2) is 15.7 Å². The molecule has 0 amide bonds. The van der Waals surface area contributed by atoms with Crippen LogP contribution in [0.3, 0.4) is 0 Å². The fourth-order valence-electron chi connectivity index (χ4n) is 1.23. The highest BCUT2D eigenvalue weighted by Crippen LogP contribution is 2.35. The molecule has 2 rings (SSSR count). The summed E-state index contributed by atoms with van der Waals surface area (Å²) in [5.41, 5.74) is 0.624. The number of hydrogen-bond acceptors (Lipinski definition) is 2. The molecule has 5 heteroatoms. The summed E-state index contributed by atoms with van der Waals surface area (Å²) in [4.78, 5) is 0. The van der Waals surface area contributed by atoms with E-state index in [9.17, 15) is 4.21 Å². The average molecular weight is 295 g/mol. The third-order valence-corrected chi connectivity index (χ3v) is 5.44. The van der Waals surface area contributed by atoms with Crippen LogP contribution in [-0.2, 0) is 9.73 Å². The van der Waals surface area contributed by atoms with E-state index < -0.39 is 9.73 Å². The van der Waals surface area contributed by atoms with Gasteiger partial charge in [0.05, 0.1) is 14.8 Å². The number of benzene rings is 1. The molecule has 0 radical (unpaired) electrons. The Kier molecular flexibility index (Phi) is 2.86. The normalized spacial score (nSPS) is 18.7. The summed E-state index contributed by atoms with van der Waals surface area (Å²) in [7, 11) is -1.98. The largest absolute Gasteiger partial charge is 0.249 e. The molecule has 1 saturated heterocycles. The molecular weight excluding hydrogens is 286 g/mol. The number of nitrogens with zero attached hydrogens (tertiary/aromatic N) is 1. The number of halogens is 2. The maximum atomic E-state index is 11.9. The van der Waals surface area contributed by atoms with Crippen molar-refractivity contribution < 1.29 is 4.21 Å². The van der Waals surface area contributed by atoms with Crippen molar-refractivity contribution in [3.8, 4) is 0 Å². The lowest BCUT2D eigenvalue weighted by Crippen LogP contribution is -2.23. The summed E-state index contributed by atoms with van der Waals surface area (Å²) < 4.78 is 16.9. The second-order valence-corrected chi connectivity index (χ2v) is 7.00. The van der Waals surface area contributed by atoms with Crippen LogP contribution in [0.1, 0.15) is 6.42 Å². The van der Waals surface area contributed by atoms with Gasteiger partial charge in [-0.3, -0.25) is 0 Å². The Morgan fingerprint density at radius 2 is 2.14 bits per heavy atom. The van der Waals surface area contributed by atoms with Crippen molar-refractivity contribution in [2.24, 2.45) is 4.36 Å². The Bertz CT molecular complexity index is 449. The highest BCUT2D eigenvalue weighted by atomic mass is 79.9. The van der Waals surface area contributed by atoms with Crippen LogP contribution in [0.5, 0.6) is 0 Å². The molecule has 0 unspecified atom stereocenters. The Morgan fingerprint density at radius 1 is 1.43 bits per heavy atom. The van der Waals surface area contributed by atoms with E-state index in [4.69, 9.17) is 11.6 Å². The third kappa shape index (κ3) is 1.97. The molecule has 0 atom stereocenters. The molecule has 2 nitrogen and oxygen atoms in total. The molecular formula is C9H9BrClNOS. The van der Waals surface area contributed by atoms with Crippen LogP contribution in [0.4, 0.5) is 5.69 Å². The molecule has 1 aromatic carbocycles. The van der Waals surface area contributed by atoms with Crippen LogP contribution in [0.2, 0.25) is 5.02 Å². The van der Waals surface area contributed by atoms with Crippen LogP contribution in [0.25, 0.3) is 0 Å². The lowest BCUT2D eigenvalue weighted by atomic mass is 10.3. The van der Waals surface area contributed by atoms with E-state index in [2.05, 4.69) is 20.3 Å². The van der Waals surface area contributed by atoms with Crippen LogP contribution >= 0.6 is 27.5 Å². The van der Waals surface area contributed by atoms with Crippen molar-refractivity contribution in [3.63, 3.8) is 0 Å². The van der Waals surface area contributed by atoms with Crippen LogP contribution in [0.15, 0.2) is 27.0 Å². The van der Waals surface area contributed by atoms with E-state index >= 15 is 0 Å². The van der Waals surface area contributed by atoms with E-state index in [0.29, 0.717) is 22.2 Å². The first kappa shape index (κ1) is 10.5. The molecule has 0 aliphatic carbocycles. The van der Waals surface area contributed by atoms with E-state index in [1.165, 1.54) is 0 Å². The quantitative estimate of drug-likeness (QED) is 0.778. The highest BCUT2D eigenvalue weighted by Gasteiger charge is 2.20. The average Bonchev–Trinajstić information content (AvgIpc) is 2.09. The standard InChI is InChI=1S/C9H9BrClNOS/c10-7-3-1-4-8(11)9(7)12-14(13)5-2-6-14/h1,3-4H,2,5-6H2. The van der Waals surface area contributed by atoms with Crippen LogP contribution < -0.4 is 0 Å². The molecule has 0 N–H and O–H groups in total. The Labute approximate surface area is 97.0 Å². The van der Waals surface area contributed by atoms with Crippen molar-refractivity contribution in [2.45, 2.75) is 6.42 Å². The van der Waals surface area contributed by atoms with Gasteiger partial charge in [-0.15, -0.1) is 0 Å². The molecule has 0 aromatic heterocycles. The molecule has 1 fully saturated rings. The van der Waals surface area contributed by atoms with Gasteiger partial charge in [-0.05, 0) is 34.5 Å². The molecule has 1 heterocycles. The predicted octanol–water partition coefficient (Wildman–Crippen LogP) is 3.61. The molecule has 1 aromatic rings. The Hall–Kier alpha value is -0.0600. The minimum Gasteiger partial charge on any atom is -0.249 e. The topological polar surface area (TPSA) is 29.4 Å². The zero-order chi connectivity index (χ0) is 10.2. The van der Waals surface area contributed by atoms with Gasteiger partial charge in [0.15, 0.2) is 0 Å². The van der Waals surface area contributed by atoms with Crippen molar-refractivity contribution in [3.05, 3.63) is 27.7 Å². The molecule has 0 bridgehead atoms. The fraction of sp³-hybridized carbons (Fsp3) is 0.333. The van der Waals surface area contributed by atoms with Gasteiger partial charge in [0.2, 0.25) is 0 Å². The van der Waals surface area contributed by atoms with Crippen molar-refractivity contribution >= 4 is 42.9 Å². The molecule has 0 saturated carbocycles. The molecule has 14 heavy (non-hydrogen) atoms. The predicted molar refractivity (Wildman–Crippen MR) is 63.7 cm³/mol. The summed E-state index contributed by atoms with van der Waals surface area (Å²) in [5.74, 6) is 1.40. The summed E-state index contributed by atoms with van der Waals surface area (Å²) >= 11 is 9.32. The smallest absolute Gasteiger partial charge is 0.106 e.